The quantitative estimate of drug-likeness (QED) is 0.396. The van der Waals surface area contributed by atoms with Crippen molar-refractivity contribution in [1.29, 1.82) is 5.26 Å². The molecular formula is C25H35NO4S. The maximum Gasteiger partial charge on any atom is 0.348 e. The molecular weight excluding hydrogens is 410 g/mol. The number of carbonyl (C=O) groups is 1. The summed E-state index contributed by atoms with van der Waals surface area (Å²) in [6.07, 6.45) is 11.4. The van der Waals surface area contributed by atoms with Gasteiger partial charge in [0.15, 0.2) is 0 Å². The predicted octanol–water partition coefficient (Wildman–Crippen LogP) is 4.88. The number of carbonyl (C=O) groups excluding carboxylic acids is 1. The summed E-state index contributed by atoms with van der Waals surface area (Å²) in [5.41, 5.74) is 0.0803. The van der Waals surface area contributed by atoms with E-state index < -0.39 is 6.10 Å². The fourth-order valence-corrected chi connectivity index (χ4v) is 6.33. The van der Waals surface area contributed by atoms with Crippen molar-refractivity contribution >= 4 is 17.3 Å². The van der Waals surface area contributed by atoms with Crippen molar-refractivity contribution in [3.05, 3.63) is 34.0 Å². The monoisotopic (exact) mass is 445 g/mol. The molecule has 1 aromatic rings. The van der Waals surface area contributed by atoms with Crippen LogP contribution in [0.15, 0.2) is 24.3 Å². The fraction of sp³-hybridized carbons (Fsp3) is 0.680. The van der Waals surface area contributed by atoms with E-state index in [-0.39, 0.29) is 35.2 Å². The molecule has 1 aromatic heterocycles. The van der Waals surface area contributed by atoms with Crippen molar-refractivity contribution in [3.63, 3.8) is 0 Å². The molecule has 31 heavy (non-hydrogen) atoms. The highest BCUT2D eigenvalue weighted by molar-refractivity contribution is 7.13. The minimum absolute atomic E-state index is 0.0372. The van der Waals surface area contributed by atoms with Gasteiger partial charge in [-0.05, 0) is 74.8 Å². The first-order chi connectivity index (χ1) is 14.9. The first kappa shape index (κ1) is 24.0. The number of methoxy groups -OCH3 is 1. The van der Waals surface area contributed by atoms with Crippen molar-refractivity contribution in [3.8, 4) is 6.07 Å². The number of nitriles is 1. The van der Waals surface area contributed by atoms with E-state index in [0.29, 0.717) is 17.7 Å². The van der Waals surface area contributed by atoms with E-state index in [4.69, 9.17) is 4.74 Å². The van der Waals surface area contributed by atoms with Gasteiger partial charge in [-0.25, -0.2) is 4.79 Å². The lowest BCUT2D eigenvalue weighted by atomic mass is 9.63. The minimum Gasteiger partial charge on any atom is -0.465 e. The summed E-state index contributed by atoms with van der Waals surface area (Å²) >= 11 is 1.45. The van der Waals surface area contributed by atoms with Crippen LogP contribution < -0.4 is 0 Å². The van der Waals surface area contributed by atoms with Crippen LogP contribution in [0.1, 0.15) is 72.8 Å². The molecule has 2 aliphatic carbocycles. The molecule has 2 fully saturated rings. The number of ether oxygens (including phenoxy) is 1. The van der Waals surface area contributed by atoms with Crippen LogP contribution in [0.2, 0.25) is 0 Å². The molecule has 3 rings (SSSR count). The maximum atomic E-state index is 11.6. The number of thiophene rings is 1. The van der Waals surface area contributed by atoms with Crippen molar-refractivity contribution in [1.82, 2.24) is 0 Å². The standard InChI is InChI=1S/C25H35NO4S/c1-3-25(13-6-14-25)23(28)10-5-9-20-19(17(16-26)15-21(20)27)8-4-7-18-11-12-22(31-18)24(29)30-2/h5,9,11-12,17,19-21,23,27-28H,3-4,6-8,10,13-15H2,1-2H3/b9-5+/t17-,19-,20+,21+,23?/m0/s1. The molecule has 2 aliphatic rings. The van der Waals surface area contributed by atoms with Crippen molar-refractivity contribution < 1.29 is 19.7 Å². The van der Waals surface area contributed by atoms with Gasteiger partial charge in [0.25, 0.3) is 0 Å². The number of hydrogen-bond donors (Lipinski definition) is 2. The van der Waals surface area contributed by atoms with Gasteiger partial charge in [0.1, 0.15) is 4.88 Å². The van der Waals surface area contributed by atoms with Gasteiger partial charge in [-0.15, -0.1) is 11.3 Å². The van der Waals surface area contributed by atoms with E-state index in [1.54, 1.807) is 6.07 Å². The molecule has 6 heteroatoms. The van der Waals surface area contributed by atoms with E-state index >= 15 is 0 Å². The number of aryl methyl sites for hydroxylation is 1. The van der Waals surface area contributed by atoms with Crippen LogP contribution in [0.25, 0.3) is 0 Å². The first-order valence-corrected chi connectivity index (χ1v) is 12.3. The second-order valence-electron chi connectivity index (χ2n) is 9.18. The Morgan fingerprint density at radius 2 is 2.23 bits per heavy atom. The first-order valence-electron chi connectivity index (χ1n) is 11.5. The SMILES string of the molecule is CCC1(C(O)C/C=C/[C@@H]2[C@@H](CCCc3ccc(C(=O)OC)s3)[C@H](C#N)C[C@H]2O)CCC1. The average Bonchev–Trinajstić information content (AvgIpc) is 3.32. The zero-order valence-electron chi connectivity index (χ0n) is 18.6. The topological polar surface area (TPSA) is 90.5 Å². The second-order valence-corrected chi connectivity index (χ2v) is 10.3. The van der Waals surface area contributed by atoms with Crippen molar-refractivity contribution in [2.45, 2.75) is 76.9 Å². The highest BCUT2D eigenvalue weighted by atomic mass is 32.1. The summed E-state index contributed by atoms with van der Waals surface area (Å²) in [7, 11) is 1.39. The third kappa shape index (κ3) is 5.39. The summed E-state index contributed by atoms with van der Waals surface area (Å²) in [6.45, 7) is 2.15. The molecule has 5 atom stereocenters. The van der Waals surface area contributed by atoms with E-state index in [1.165, 1.54) is 24.9 Å². The largest absolute Gasteiger partial charge is 0.465 e. The Kier molecular flexibility index (Phi) is 8.32. The van der Waals surface area contributed by atoms with Gasteiger partial charge in [-0.2, -0.15) is 5.26 Å². The molecule has 0 radical (unpaired) electrons. The van der Waals surface area contributed by atoms with Crippen LogP contribution in [-0.4, -0.2) is 35.5 Å². The van der Waals surface area contributed by atoms with Crippen LogP contribution in [0.4, 0.5) is 0 Å². The Balaban J connectivity index is 1.56. The number of esters is 1. The third-order valence-electron chi connectivity index (χ3n) is 7.60. The predicted molar refractivity (Wildman–Crippen MR) is 122 cm³/mol. The highest BCUT2D eigenvalue weighted by Crippen LogP contribution is 2.48. The lowest BCUT2D eigenvalue weighted by molar-refractivity contribution is -0.0355. The summed E-state index contributed by atoms with van der Waals surface area (Å²) in [5.74, 6) is -0.363. The summed E-state index contributed by atoms with van der Waals surface area (Å²) in [4.78, 5) is 13.4. The zero-order chi connectivity index (χ0) is 22.4. The summed E-state index contributed by atoms with van der Waals surface area (Å²) < 4.78 is 4.77. The van der Waals surface area contributed by atoms with E-state index in [1.807, 2.05) is 12.1 Å². The molecule has 0 aromatic carbocycles. The van der Waals surface area contributed by atoms with Crippen molar-refractivity contribution in [2.24, 2.45) is 23.2 Å². The molecule has 0 spiro atoms. The molecule has 170 valence electrons. The molecule has 0 aliphatic heterocycles. The van der Waals surface area contributed by atoms with Crippen LogP contribution in [0, 0.1) is 34.5 Å². The normalized spacial score (nSPS) is 28.2. The summed E-state index contributed by atoms with van der Waals surface area (Å²) in [6, 6.07) is 6.16. The Bertz CT molecular complexity index is 801. The molecule has 5 nitrogen and oxygen atoms in total. The van der Waals surface area contributed by atoms with Gasteiger partial charge in [0, 0.05) is 10.8 Å². The highest BCUT2D eigenvalue weighted by Gasteiger charge is 2.42. The van der Waals surface area contributed by atoms with E-state index in [0.717, 1.165) is 43.4 Å². The molecule has 1 heterocycles. The van der Waals surface area contributed by atoms with Gasteiger partial charge in [0.2, 0.25) is 0 Å². The number of aliphatic hydroxyl groups excluding tert-OH is 2. The number of hydrogen-bond acceptors (Lipinski definition) is 6. The molecule has 1 unspecified atom stereocenters. The lowest BCUT2D eigenvalue weighted by Crippen LogP contribution is -2.40. The van der Waals surface area contributed by atoms with Gasteiger partial charge >= 0.3 is 5.97 Å². The van der Waals surface area contributed by atoms with Crippen LogP contribution in [0.3, 0.4) is 0 Å². The number of rotatable bonds is 10. The van der Waals surface area contributed by atoms with Crippen LogP contribution in [0.5, 0.6) is 0 Å². The molecule has 0 amide bonds. The van der Waals surface area contributed by atoms with E-state index in [2.05, 4.69) is 19.1 Å². The molecule has 0 saturated heterocycles. The Morgan fingerprint density at radius 3 is 2.84 bits per heavy atom. The molecule has 2 N–H and O–H groups in total. The Morgan fingerprint density at radius 1 is 1.45 bits per heavy atom. The zero-order valence-corrected chi connectivity index (χ0v) is 19.4. The number of nitrogens with zero attached hydrogens (tertiary/aromatic N) is 1. The lowest BCUT2D eigenvalue weighted by Gasteiger charge is -2.45. The fourth-order valence-electron chi connectivity index (χ4n) is 5.36. The Hall–Kier alpha value is -1.68. The summed E-state index contributed by atoms with van der Waals surface area (Å²) in [5, 5.41) is 30.8. The third-order valence-corrected chi connectivity index (χ3v) is 8.73. The maximum absolute atomic E-state index is 11.6. The van der Waals surface area contributed by atoms with Crippen LogP contribution in [-0.2, 0) is 11.2 Å². The average molecular weight is 446 g/mol. The molecule has 2 saturated carbocycles. The van der Waals surface area contributed by atoms with Gasteiger partial charge in [-0.1, -0.05) is 25.5 Å². The second kappa shape index (κ2) is 10.8. The van der Waals surface area contributed by atoms with Crippen LogP contribution >= 0.6 is 11.3 Å². The smallest absolute Gasteiger partial charge is 0.348 e. The van der Waals surface area contributed by atoms with Gasteiger partial charge in [-0.3, -0.25) is 0 Å². The van der Waals surface area contributed by atoms with Gasteiger partial charge in [0.05, 0.1) is 31.3 Å². The van der Waals surface area contributed by atoms with E-state index in [9.17, 15) is 20.3 Å². The van der Waals surface area contributed by atoms with Gasteiger partial charge < -0.3 is 14.9 Å². The van der Waals surface area contributed by atoms with Crippen molar-refractivity contribution in [2.75, 3.05) is 7.11 Å². The Labute approximate surface area is 189 Å². The molecule has 0 bridgehead atoms. The number of aliphatic hydroxyl groups is 2. The minimum atomic E-state index is -0.500.